The van der Waals surface area contributed by atoms with Crippen molar-refractivity contribution in [1.82, 2.24) is 4.72 Å². The Morgan fingerprint density at radius 3 is 2.56 bits per heavy atom. The van der Waals surface area contributed by atoms with Crippen LogP contribution < -0.4 is 4.72 Å². The number of rotatable bonds is 8. The van der Waals surface area contributed by atoms with Gasteiger partial charge in [0.1, 0.15) is 0 Å². The Kier molecular flexibility index (Phi) is 6.65. The first kappa shape index (κ1) is 14.2. The van der Waals surface area contributed by atoms with Crippen LogP contribution in [0.3, 0.4) is 0 Å². The first-order chi connectivity index (χ1) is 7.67. The minimum atomic E-state index is -3.08. The van der Waals surface area contributed by atoms with Crippen molar-refractivity contribution in [2.75, 3.05) is 25.6 Å². The second-order valence-electron chi connectivity index (χ2n) is 4.00. The molecule has 1 saturated carbocycles. The molecule has 0 aromatic rings. The fourth-order valence-electron chi connectivity index (χ4n) is 1.86. The molecule has 4 nitrogen and oxygen atoms in total. The zero-order chi connectivity index (χ0) is 11.9. The van der Waals surface area contributed by atoms with Crippen LogP contribution in [0.4, 0.5) is 0 Å². The van der Waals surface area contributed by atoms with Crippen LogP contribution in [-0.4, -0.2) is 39.3 Å². The largest absolute Gasteiger partial charge is 0.380 e. The number of nitrogens with one attached hydrogen (secondary N) is 1. The predicted octanol–water partition coefficient (Wildman–Crippen LogP) is 1.49. The first-order valence-corrected chi connectivity index (χ1v) is 7.87. The molecule has 1 aliphatic rings. The van der Waals surface area contributed by atoms with Crippen molar-refractivity contribution >= 4 is 21.6 Å². The van der Waals surface area contributed by atoms with E-state index < -0.39 is 10.0 Å². The summed E-state index contributed by atoms with van der Waals surface area (Å²) < 4.78 is 31.3. The van der Waals surface area contributed by atoms with Crippen LogP contribution in [0.5, 0.6) is 0 Å². The lowest BCUT2D eigenvalue weighted by molar-refractivity contribution is 0.147. The van der Waals surface area contributed by atoms with Gasteiger partial charge in [0, 0.05) is 19.0 Å². The molecule has 0 aromatic carbocycles. The Labute approximate surface area is 103 Å². The van der Waals surface area contributed by atoms with E-state index in [2.05, 4.69) is 4.72 Å². The second-order valence-corrected chi connectivity index (χ2v) is 6.42. The number of hydrogen-bond acceptors (Lipinski definition) is 3. The topological polar surface area (TPSA) is 55.4 Å². The summed E-state index contributed by atoms with van der Waals surface area (Å²) in [5.41, 5.74) is 0. The van der Waals surface area contributed by atoms with Crippen LogP contribution in [-0.2, 0) is 14.8 Å². The standard InChI is InChI=1S/C10H20ClNO3S/c11-6-9-15-8-3-7-12-16(13,14)10-4-1-2-5-10/h10,12H,1-9H2. The fraction of sp³-hybridized carbons (Fsp3) is 1.00. The number of hydrogen-bond donors (Lipinski definition) is 1. The zero-order valence-corrected chi connectivity index (χ0v) is 11.0. The molecular weight excluding hydrogens is 250 g/mol. The van der Waals surface area contributed by atoms with E-state index in [-0.39, 0.29) is 5.25 Å². The lowest BCUT2D eigenvalue weighted by Crippen LogP contribution is -2.33. The van der Waals surface area contributed by atoms with Crippen molar-refractivity contribution in [2.45, 2.75) is 37.4 Å². The maximum Gasteiger partial charge on any atom is 0.214 e. The second kappa shape index (κ2) is 7.48. The third kappa shape index (κ3) is 4.99. The molecule has 96 valence electrons. The smallest absolute Gasteiger partial charge is 0.214 e. The average molecular weight is 270 g/mol. The van der Waals surface area contributed by atoms with E-state index in [9.17, 15) is 8.42 Å². The molecule has 0 amide bonds. The molecule has 0 spiro atoms. The Balaban J connectivity index is 2.11. The summed E-state index contributed by atoms with van der Waals surface area (Å²) in [5, 5.41) is -0.170. The predicted molar refractivity (Wildman–Crippen MR) is 65.3 cm³/mol. The molecule has 1 aliphatic carbocycles. The van der Waals surface area contributed by atoms with Crippen LogP contribution in [0, 0.1) is 0 Å². The summed E-state index contributed by atoms with van der Waals surface area (Å²) in [6.45, 7) is 1.54. The highest BCUT2D eigenvalue weighted by Gasteiger charge is 2.27. The van der Waals surface area contributed by atoms with Crippen molar-refractivity contribution in [2.24, 2.45) is 0 Å². The van der Waals surface area contributed by atoms with Gasteiger partial charge in [-0.05, 0) is 19.3 Å². The summed E-state index contributed by atoms with van der Waals surface area (Å²) in [5.74, 6) is 0.480. The maximum atomic E-state index is 11.7. The van der Waals surface area contributed by atoms with E-state index in [1.54, 1.807) is 0 Å². The third-order valence-corrected chi connectivity index (χ3v) is 4.84. The maximum absolute atomic E-state index is 11.7. The number of halogens is 1. The van der Waals surface area contributed by atoms with Crippen molar-refractivity contribution in [1.29, 1.82) is 0 Å². The summed E-state index contributed by atoms with van der Waals surface area (Å²) in [7, 11) is -3.08. The lowest BCUT2D eigenvalue weighted by Gasteiger charge is -2.12. The Morgan fingerprint density at radius 1 is 1.25 bits per heavy atom. The van der Waals surface area contributed by atoms with E-state index in [0.717, 1.165) is 25.7 Å². The van der Waals surface area contributed by atoms with Gasteiger partial charge in [-0.1, -0.05) is 12.8 Å². The quantitative estimate of drug-likeness (QED) is 0.537. The van der Waals surface area contributed by atoms with E-state index in [1.165, 1.54) is 0 Å². The van der Waals surface area contributed by atoms with Gasteiger partial charge >= 0.3 is 0 Å². The Morgan fingerprint density at radius 2 is 1.94 bits per heavy atom. The van der Waals surface area contributed by atoms with Crippen LogP contribution in [0.2, 0.25) is 0 Å². The Hall–Kier alpha value is 0.160. The minimum Gasteiger partial charge on any atom is -0.380 e. The monoisotopic (exact) mass is 269 g/mol. The van der Waals surface area contributed by atoms with Gasteiger partial charge in [0.15, 0.2) is 0 Å². The molecule has 0 aliphatic heterocycles. The van der Waals surface area contributed by atoms with Gasteiger partial charge in [0.2, 0.25) is 10.0 Å². The summed E-state index contributed by atoms with van der Waals surface area (Å²) >= 11 is 5.44. The molecule has 0 saturated heterocycles. The minimum absolute atomic E-state index is 0.170. The third-order valence-electron chi connectivity index (χ3n) is 2.73. The van der Waals surface area contributed by atoms with Gasteiger partial charge in [-0.3, -0.25) is 0 Å². The van der Waals surface area contributed by atoms with Crippen LogP contribution in [0.15, 0.2) is 0 Å². The van der Waals surface area contributed by atoms with Crippen molar-refractivity contribution in [3.63, 3.8) is 0 Å². The van der Waals surface area contributed by atoms with Gasteiger partial charge in [-0.15, -0.1) is 11.6 Å². The molecule has 0 bridgehead atoms. The van der Waals surface area contributed by atoms with E-state index in [1.807, 2.05) is 0 Å². The fourth-order valence-corrected chi connectivity index (χ4v) is 3.59. The SMILES string of the molecule is O=S(=O)(NCCCOCCCl)C1CCCC1. The molecule has 0 radical (unpaired) electrons. The molecule has 16 heavy (non-hydrogen) atoms. The average Bonchev–Trinajstić information content (AvgIpc) is 2.77. The van der Waals surface area contributed by atoms with Crippen LogP contribution in [0.25, 0.3) is 0 Å². The molecular formula is C10H20ClNO3S. The molecule has 0 unspecified atom stereocenters. The zero-order valence-electron chi connectivity index (χ0n) is 9.45. The van der Waals surface area contributed by atoms with Gasteiger partial charge in [-0.25, -0.2) is 13.1 Å². The van der Waals surface area contributed by atoms with Crippen molar-refractivity contribution in [3.8, 4) is 0 Å². The van der Waals surface area contributed by atoms with Gasteiger partial charge in [0.25, 0.3) is 0 Å². The highest BCUT2D eigenvalue weighted by molar-refractivity contribution is 7.90. The number of alkyl halides is 1. The molecule has 1 N–H and O–H groups in total. The van der Waals surface area contributed by atoms with Crippen molar-refractivity contribution < 1.29 is 13.2 Å². The van der Waals surface area contributed by atoms with E-state index in [0.29, 0.717) is 32.1 Å². The molecule has 1 fully saturated rings. The normalized spacial score (nSPS) is 18.1. The van der Waals surface area contributed by atoms with Crippen LogP contribution in [0.1, 0.15) is 32.1 Å². The lowest BCUT2D eigenvalue weighted by atomic mass is 10.4. The van der Waals surface area contributed by atoms with Crippen molar-refractivity contribution in [3.05, 3.63) is 0 Å². The number of sulfonamides is 1. The molecule has 0 aromatic heterocycles. The Bertz CT molecular complexity index is 276. The van der Waals surface area contributed by atoms with E-state index >= 15 is 0 Å². The van der Waals surface area contributed by atoms with Crippen LogP contribution >= 0.6 is 11.6 Å². The highest BCUT2D eigenvalue weighted by Crippen LogP contribution is 2.23. The van der Waals surface area contributed by atoms with Gasteiger partial charge < -0.3 is 4.74 Å². The summed E-state index contributed by atoms with van der Waals surface area (Å²) in [6, 6.07) is 0. The summed E-state index contributed by atoms with van der Waals surface area (Å²) in [4.78, 5) is 0. The number of ether oxygens (including phenoxy) is 1. The molecule has 0 atom stereocenters. The molecule has 6 heteroatoms. The van der Waals surface area contributed by atoms with E-state index in [4.69, 9.17) is 16.3 Å². The molecule has 0 heterocycles. The highest BCUT2D eigenvalue weighted by atomic mass is 35.5. The first-order valence-electron chi connectivity index (χ1n) is 5.79. The van der Waals surface area contributed by atoms with Gasteiger partial charge in [0.05, 0.1) is 11.9 Å². The molecule has 1 rings (SSSR count). The summed E-state index contributed by atoms with van der Waals surface area (Å²) in [6.07, 6.45) is 4.37. The van der Waals surface area contributed by atoms with Gasteiger partial charge in [-0.2, -0.15) is 0 Å².